The Bertz CT molecular complexity index is 1120. The number of hydrogen-bond acceptors (Lipinski definition) is 7. The van der Waals surface area contributed by atoms with Crippen LogP contribution in [0.1, 0.15) is 31.2 Å². The van der Waals surface area contributed by atoms with E-state index in [0.717, 1.165) is 18.2 Å². The lowest BCUT2D eigenvalue weighted by atomic mass is 9.92. The predicted octanol–water partition coefficient (Wildman–Crippen LogP) is 4.66. The number of rotatable bonds is 7. The Kier molecular flexibility index (Phi) is 8.58. The highest BCUT2D eigenvalue weighted by atomic mass is 19.4. The van der Waals surface area contributed by atoms with Gasteiger partial charge in [-0.3, -0.25) is 15.2 Å². The van der Waals surface area contributed by atoms with Crippen LogP contribution in [0.2, 0.25) is 0 Å². The van der Waals surface area contributed by atoms with Crippen molar-refractivity contribution in [2.24, 2.45) is 0 Å². The summed E-state index contributed by atoms with van der Waals surface area (Å²) < 4.78 is 72.8. The first kappa shape index (κ1) is 27.9. The van der Waals surface area contributed by atoms with Crippen LogP contribution >= 0.6 is 0 Å². The van der Waals surface area contributed by atoms with Gasteiger partial charge in [-0.2, -0.15) is 13.2 Å². The van der Waals surface area contributed by atoms with Gasteiger partial charge in [-0.15, -0.1) is 5.23 Å². The number of benzene rings is 2. The molecule has 13 heteroatoms. The van der Waals surface area contributed by atoms with Crippen LogP contribution in [-0.4, -0.2) is 66.2 Å². The third kappa shape index (κ3) is 6.83. The summed E-state index contributed by atoms with van der Waals surface area (Å²) in [4.78, 5) is 16.0. The van der Waals surface area contributed by atoms with Gasteiger partial charge in [0, 0.05) is 44.0 Å². The van der Waals surface area contributed by atoms with E-state index in [0.29, 0.717) is 57.5 Å². The molecule has 8 nitrogen and oxygen atoms in total. The SMILES string of the molecule is O=C(COC1CCC(Nc2ccc(N(O)O)c(C(F)(F)F)c2)CC1)N1CCN(c2ccc(F)cc2F)CC1. The van der Waals surface area contributed by atoms with Gasteiger partial charge in [0.25, 0.3) is 0 Å². The van der Waals surface area contributed by atoms with E-state index in [1.807, 2.05) is 0 Å². The molecule has 4 rings (SSSR count). The summed E-state index contributed by atoms with van der Waals surface area (Å²) in [6, 6.07) is 6.47. The summed E-state index contributed by atoms with van der Waals surface area (Å²) in [5, 5.41) is 20.6. The molecule has 3 N–H and O–H groups in total. The number of piperazine rings is 1. The molecule has 1 amide bonds. The van der Waals surface area contributed by atoms with Gasteiger partial charge in [-0.05, 0) is 56.0 Å². The molecule has 0 spiro atoms. The van der Waals surface area contributed by atoms with Crippen molar-refractivity contribution in [1.82, 2.24) is 4.90 Å². The fourth-order valence-corrected chi connectivity index (χ4v) is 4.85. The molecule has 1 aliphatic carbocycles. The minimum Gasteiger partial charge on any atom is -0.382 e. The Morgan fingerprint density at radius 1 is 1.00 bits per heavy atom. The topological polar surface area (TPSA) is 88.5 Å². The van der Waals surface area contributed by atoms with Gasteiger partial charge in [0.15, 0.2) is 0 Å². The molecule has 2 aromatic carbocycles. The molecule has 1 saturated heterocycles. The molecule has 2 aliphatic rings. The zero-order valence-corrected chi connectivity index (χ0v) is 20.4. The van der Waals surface area contributed by atoms with E-state index in [-0.39, 0.29) is 30.3 Å². The molecule has 38 heavy (non-hydrogen) atoms. The number of nitrogens with zero attached hydrogens (tertiary/aromatic N) is 3. The molecule has 0 unspecified atom stereocenters. The van der Waals surface area contributed by atoms with Gasteiger partial charge in [-0.25, -0.2) is 8.78 Å². The summed E-state index contributed by atoms with van der Waals surface area (Å²) in [5.41, 5.74) is -1.43. The summed E-state index contributed by atoms with van der Waals surface area (Å²) >= 11 is 0. The van der Waals surface area contributed by atoms with Gasteiger partial charge >= 0.3 is 6.18 Å². The first-order valence-corrected chi connectivity index (χ1v) is 12.3. The zero-order valence-electron chi connectivity index (χ0n) is 20.4. The average molecular weight is 545 g/mol. The molecule has 1 aliphatic heterocycles. The second-order valence-electron chi connectivity index (χ2n) is 9.41. The fourth-order valence-electron chi connectivity index (χ4n) is 4.85. The molecular formula is C25H29F5N4O4. The van der Waals surface area contributed by atoms with Crippen molar-refractivity contribution < 1.29 is 41.9 Å². The van der Waals surface area contributed by atoms with Crippen LogP contribution in [0.3, 0.4) is 0 Å². The lowest BCUT2D eigenvalue weighted by molar-refractivity contribution is -0.139. The van der Waals surface area contributed by atoms with Crippen LogP contribution in [-0.2, 0) is 15.7 Å². The Morgan fingerprint density at radius 2 is 1.68 bits per heavy atom. The highest BCUT2D eigenvalue weighted by molar-refractivity contribution is 5.77. The number of hydrogen-bond donors (Lipinski definition) is 3. The Labute approximate surface area is 216 Å². The molecular weight excluding hydrogens is 515 g/mol. The second kappa shape index (κ2) is 11.7. The third-order valence-corrected chi connectivity index (χ3v) is 6.89. The smallest absolute Gasteiger partial charge is 0.382 e. The van der Waals surface area contributed by atoms with Gasteiger partial charge in [0.1, 0.15) is 23.9 Å². The number of ether oxygens (including phenoxy) is 1. The van der Waals surface area contributed by atoms with Crippen LogP contribution in [0.4, 0.5) is 39.0 Å². The van der Waals surface area contributed by atoms with E-state index in [4.69, 9.17) is 15.2 Å². The van der Waals surface area contributed by atoms with Crippen LogP contribution in [0, 0.1) is 11.6 Å². The molecule has 1 saturated carbocycles. The van der Waals surface area contributed by atoms with Crippen molar-refractivity contribution in [1.29, 1.82) is 0 Å². The Balaban J connectivity index is 1.20. The van der Waals surface area contributed by atoms with E-state index in [2.05, 4.69) is 5.32 Å². The van der Waals surface area contributed by atoms with E-state index in [9.17, 15) is 26.7 Å². The first-order valence-electron chi connectivity index (χ1n) is 12.3. The number of carbonyl (C=O) groups is 1. The van der Waals surface area contributed by atoms with Crippen molar-refractivity contribution >= 4 is 23.0 Å². The van der Waals surface area contributed by atoms with Gasteiger partial charge in [-0.1, -0.05) is 0 Å². The number of alkyl halides is 3. The maximum atomic E-state index is 14.0. The van der Waals surface area contributed by atoms with Gasteiger partial charge in [0.2, 0.25) is 5.91 Å². The van der Waals surface area contributed by atoms with Crippen LogP contribution in [0.5, 0.6) is 0 Å². The van der Waals surface area contributed by atoms with Crippen LogP contribution < -0.4 is 15.4 Å². The third-order valence-electron chi connectivity index (χ3n) is 6.89. The minimum atomic E-state index is -4.77. The minimum absolute atomic E-state index is 0.0943. The molecule has 0 atom stereocenters. The lowest BCUT2D eigenvalue weighted by Gasteiger charge is -2.36. The highest BCUT2D eigenvalue weighted by Crippen LogP contribution is 2.38. The lowest BCUT2D eigenvalue weighted by Crippen LogP contribution is -2.50. The average Bonchev–Trinajstić information content (AvgIpc) is 2.87. The molecule has 1 heterocycles. The molecule has 0 aromatic heterocycles. The van der Waals surface area contributed by atoms with Gasteiger partial charge in [0.05, 0.1) is 17.4 Å². The van der Waals surface area contributed by atoms with E-state index >= 15 is 0 Å². The van der Waals surface area contributed by atoms with Crippen molar-refractivity contribution in [3.63, 3.8) is 0 Å². The van der Waals surface area contributed by atoms with Crippen molar-refractivity contribution in [3.05, 3.63) is 53.6 Å². The van der Waals surface area contributed by atoms with Crippen molar-refractivity contribution in [2.45, 2.75) is 44.0 Å². The summed E-state index contributed by atoms with van der Waals surface area (Å²) in [5.74, 6) is -1.46. The number of nitrogens with one attached hydrogen (secondary N) is 1. The van der Waals surface area contributed by atoms with Gasteiger partial charge < -0.3 is 19.9 Å². The second-order valence-corrected chi connectivity index (χ2v) is 9.41. The maximum absolute atomic E-state index is 14.0. The van der Waals surface area contributed by atoms with Crippen molar-refractivity contribution in [3.8, 4) is 0 Å². The summed E-state index contributed by atoms with van der Waals surface area (Å²) in [6.45, 7) is 1.51. The number of amides is 1. The molecule has 2 fully saturated rings. The fraction of sp³-hybridized carbons (Fsp3) is 0.480. The monoisotopic (exact) mass is 544 g/mol. The standard InChI is InChI=1S/C25H29F5N4O4/c26-16-1-7-23(21(27)13-16)32-9-11-33(12-10-32)24(35)15-38-19-5-2-17(3-6-19)31-18-4-8-22(34(36)37)20(14-18)25(28,29)30/h1,4,7-8,13-14,17,19,31,36-37H,2-3,5-6,9-12,15H2. The number of anilines is 3. The van der Waals surface area contributed by atoms with E-state index in [1.165, 1.54) is 18.2 Å². The van der Waals surface area contributed by atoms with E-state index < -0.39 is 34.3 Å². The zero-order chi connectivity index (χ0) is 27.4. The maximum Gasteiger partial charge on any atom is 0.418 e. The Morgan fingerprint density at radius 3 is 2.29 bits per heavy atom. The molecule has 208 valence electrons. The predicted molar refractivity (Wildman–Crippen MR) is 128 cm³/mol. The van der Waals surface area contributed by atoms with Crippen LogP contribution in [0.15, 0.2) is 36.4 Å². The normalized spacial score (nSPS) is 20.4. The molecule has 0 radical (unpaired) electrons. The highest BCUT2D eigenvalue weighted by Gasteiger charge is 2.35. The van der Waals surface area contributed by atoms with Crippen molar-refractivity contribution in [2.75, 3.05) is 48.2 Å². The van der Waals surface area contributed by atoms with E-state index in [1.54, 1.807) is 9.80 Å². The summed E-state index contributed by atoms with van der Waals surface area (Å²) in [7, 11) is 0. The molecule has 0 bridgehead atoms. The largest absolute Gasteiger partial charge is 0.418 e. The number of carbonyl (C=O) groups excluding carboxylic acids is 1. The quantitative estimate of drug-likeness (QED) is 0.345. The summed E-state index contributed by atoms with van der Waals surface area (Å²) in [6.07, 6.45) is -2.44. The first-order chi connectivity index (χ1) is 18.0. The Hall–Kier alpha value is -3.16. The number of halogens is 5. The van der Waals surface area contributed by atoms with Crippen LogP contribution in [0.25, 0.3) is 0 Å². The molecule has 2 aromatic rings.